The van der Waals surface area contributed by atoms with E-state index < -0.39 is 0 Å². The van der Waals surface area contributed by atoms with E-state index >= 15 is 0 Å². The molecule has 0 amide bonds. The van der Waals surface area contributed by atoms with Crippen LogP contribution in [0.5, 0.6) is 0 Å². The van der Waals surface area contributed by atoms with Crippen molar-refractivity contribution in [3.63, 3.8) is 0 Å². The summed E-state index contributed by atoms with van der Waals surface area (Å²) in [6.07, 6.45) is 0. The predicted octanol–water partition coefficient (Wildman–Crippen LogP) is 9.19. The quantitative estimate of drug-likeness (QED) is 0.183. The topological polar surface area (TPSA) is 4.93 Å². The van der Waals surface area contributed by atoms with E-state index in [4.69, 9.17) is 0 Å². The largest absolute Gasteiger partial charge is 0.309 e. The molecule has 210 valence electrons. The molecule has 0 saturated carbocycles. The summed E-state index contributed by atoms with van der Waals surface area (Å²) >= 11 is 3.90. The van der Waals surface area contributed by atoms with Crippen molar-refractivity contribution in [1.82, 2.24) is 4.57 Å². The number of nitrogens with zero attached hydrogens (tertiary/aromatic N) is 1. The van der Waals surface area contributed by atoms with Crippen LogP contribution in [0.3, 0.4) is 0 Å². The molecule has 44 heavy (non-hydrogen) atoms. The van der Waals surface area contributed by atoms with Gasteiger partial charge in [0.2, 0.25) is 6.71 Å². The van der Waals surface area contributed by atoms with Crippen molar-refractivity contribution < 1.29 is 0 Å². The molecule has 4 heteroatoms. The lowest BCUT2D eigenvalue weighted by Gasteiger charge is -2.35. The Labute approximate surface area is 267 Å². The van der Waals surface area contributed by atoms with Gasteiger partial charge in [0.05, 0.1) is 11.0 Å². The smallest absolute Gasteiger partial charge is 0.247 e. The Balaban J connectivity index is 1.26. The zero-order valence-electron chi connectivity index (χ0n) is 25.0. The lowest BCUT2D eigenvalue weighted by molar-refractivity contribution is 0.587. The van der Waals surface area contributed by atoms with Gasteiger partial charge in [-0.1, -0.05) is 140 Å². The minimum atomic E-state index is 0.0689. The number of hydrogen-bond acceptors (Lipinski definition) is 2. The van der Waals surface area contributed by atoms with Crippen molar-refractivity contribution in [1.29, 1.82) is 0 Å². The molecule has 0 aliphatic carbocycles. The minimum absolute atomic E-state index is 0.0689. The normalized spacial score (nSPS) is 13.6. The summed E-state index contributed by atoms with van der Waals surface area (Å²) in [5.41, 5.74) is 12.0. The van der Waals surface area contributed by atoms with Crippen molar-refractivity contribution in [3.05, 3.63) is 133 Å². The molecular formula is C40H30BNS2. The van der Waals surface area contributed by atoms with Crippen molar-refractivity contribution in [2.45, 2.75) is 45.8 Å². The molecule has 2 aliphatic rings. The summed E-state index contributed by atoms with van der Waals surface area (Å²) in [4.78, 5) is 5.52. The van der Waals surface area contributed by atoms with Gasteiger partial charge in [-0.05, 0) is 70.0 Å². The van der Waals surface area contributed by atoms with Gasteiger partial charge in [-0.3, -0.25) is 0 Å². The molecule has 0 atom stereocenters. The van der Waals surface area contributed by atoms with E-state index in [2.05, 4.69) is 153 Å². The van der Waals surface area contributed by atoms with Crippen LogP contribution in [0.25, 0.3) is 38.6 Å². The third-order valence-electron chi connectivity index (χ3n) is 9.28. The van der Waals surface area contributed by atoms with Gasteiger partial charge < -0.3 is 4.57 Å². The van der Waals surface area contributed by atoms with Crippen molar-refractivity contribution in [3.8, 4) is 16.8 Å². The van der Waals surface area contributed by atoms with Gasteiger partial charge in [0.15, 0.2) is 0 Å². The molecule has 9 rings (SSSR count). The van der Waals surface area contributed by atoms with E-state index in [0.717, 1.165) is 0 Å². The highest BCUT2D eigenvalue weighted by atomic mass is 32.2. The molecule has 0 fully saturated rings. The van der Waals surface area contributed by atoms with Crippen LogP contribution in [0.1, 0.15) is 26.3 Å². The van der Waals surface area contributed by atoms with Crippen LogP contribution in [0.4, 0.5) is 0 Å². The Morgan fingerprint density at radius 2 is 1.09 bits per heavy atom. The molecule has 0 N–H and O–H groups in total. The second kappa shape index (κ2) is 9.69. The van der Waals surface area contributed by atoms with Crippen LogP contribution >= 0.6 is 23.5 Å². The number of aromatic nitrogens is 1. The number of hydrogen-bond donors (Lipinski definition) is 0. The highest BCUT2D eigenvalue weighted by Gasteiger charge is 2.39. The van der Waals surface area contributed by atoms with Gasteiger partial charge in [-0.25, -0.2) is 0 Å². The van der Waals surface area contributed by atoms with Gasteiger partial charge in [0, 0.05) is 36.0 Å². The van der Waals surface area contributed by atoms with Crippen LogP contribution < -0.4 is 16.4 Å². The Kier molecular flexibility index (Phi) is 5.79. The Hall–Kier alpha value is -4.12. The maximum absolute atomic E-state index is 2.47. The van der Waals surface area contributed by atoms with E-state index in [1.54, 1.807) is 0 Å². The molecule has 0 saturated heterocycles. The molecule has 6 aromatic carbocycles. The van der Waals surface area contributed by atoms with Crippen LogP contribution in [0, 0.1) is 0 Å². The second-order valence-corrected chi connectivity index (χ2v) is 15.2. The number of benzene rings is 6. The average molecular weight is 600 g/mol. The van der Waals surface area contributed by atoms with Gasteiger partial charge in [-0.15, -0.1) is 0 Å². The average Bonchev–Trinajstić information content (AvgIpc) is 3.38. The first-order valence-electron chi connectivity index (χ1n) is 15.3. The fourth-order valence-electron chi connectivity index (χ4n) is 7.06. The SMILES string of the molecule is CC(C)(C)c1cc2c3c(c1)Sc1cc(-n4c5ccccc5c5ccccc54)ccc1B3c1ccc(-c3ccccc3)cc1S2. The maximum atomic E-state index is 2.47. The summed E-state index contributed by atoms with van der Waals surface area (Å²) in [5, 5.41) is 2.59. The van der Waals surface area contributed by atoms with Crippen LogP contribution in [-0.2, 0) is 5.41 Å². The van der Waals surface area contributed by atoms with E-state index in [1.807, 2.05) is 23.5 Å². The van der Waals surface area contributed by atoms with Gasteiger partial charge >= 0.3 is 0 Å². The molecule has 2 aliphatic heterocycles. The molecule has 7 aromatic rings. The first kappa shape index (κ1) is 26.3. The standard InChI is InChI=1S/C40H30BNS2/c1-40(2,3)27-22-37-39-38(23-27)44-36-24-28(42-33-15-9-7-13-29(33)30-14-8-10-16-34(30)42)18-20-32(36)41(39)31-19-17-26(21-35(31)43-37)25-11-5-4-6-12-25/h4-24H,1-3H3. The lowest BCUT2D eigenvalue weighted by Crippen LogP contribution is -2.58. The number of fused-ring (bicyclic) bond motifs is 7. The van der Waals surface area contributed by atoms with Crippen LogP contribution in [0.2, 0.25) is 0 Å². The monoisotopic (exact) mass is 599 g/mol. The summed E-state index contributed by atoms with van der Waals surface area (Å²) in [5.74, 6) is 0. The zero-order valence-corrected chi connectivity index (χ0v) is 26.6. The molecule has 3 heterocycles. The van der Waals surface area contributed by atoms with E-state index in [-0.39, 0.29) is 12.1 Å². The highest BCUT2D eigenvalue weighted by molar-refractivity contribution is 8.01. The predicted molar refractivity (Wildman–Crippen MR) is 191 cm³/mol. The fourth-order valence-corrected chi connectivity index (χ4v) is 9.62. The second-order valence-electron chi connectivity index (χ2n) is 13.0. The lowest BCUT2D eigenvalue weighted by atomic mass is 9.36. The molecule has 1 nitrogen and oxygen atoms in total. The zero-order chi connectivity index (χ0) is 29.6. The molecular weight excluding hydrogens is 569 g/mol. The van der Waals surface area contributed by atoms with Crippen LogP contribution in [-0.4, -0.2) is 11.3 Å². The molecule has 1 aromatic heterocycles. The third kappa shape index (κ3) is 3.97. The Morgan fingerprint density at radius 3 is 1.73 bits per heavy atom. The van der Waals surface area contributed by atoms with Gasteiger partial charge in [0.25, 0.3) is 0 Å². The summed E-state index contributed by atoms with van der Waals surface area (Å²) < 4.78 is 2.44. The minimum Gasteiger partial charge on any atom is -0.309 e. The summed E-state index contributed by atoms with van der Waals surface area (Å²) in [6.45, 7) is 7.21. The number of rotatable bonds is 2. The first-order chi connectivity index (χ1) is 21.4. The summed E-state index contributed by atoms with van der Waals surface area (Å²) in [7, 11) is 0. The summed E-state index contributed by atoms with van der Waals surface area (Å²) in [6, 6.07) is 47.6. The van der Waals surface area contributed by atoms with Crippen molar-refractivity contribution in [2.75, 3.05) is 0 Å². The Bertz CT molecular complexity index is 2220. The van der Waals surface area contributed by atoms with E-state index in [1.165, 1.54) is 80.2 Å². The molecule has 0 spiro atoms. The molecule has 0 radical (unpaired) electrons. The fraction of sp³-hybridized carbons (Fsp3) is 0.100. The maximum Gasteiger partial charge on any atom is 0.247 e. The first-order valence-corrected chi connectivity index (χ1v) is 16.9. The van der Waals surface area contributed by atoms with E-state index in [9.17, 15) is 0 Å². The molecule has 0 unspecified atom stereocenters. The number of para-hydroxylation sites is 2. The highest BCUT2D eigenvalue weighted by Crippen LogP contribution is 2.43. The van der Waals surface area contributed by atoms with Gasteiger partial charge in [0.1, 0.15) is 0 Å². The Morgan fingerprint density at radius 1 is 0.523 bits per heavy atom. The van der Waals surface area contributed by atoms with Gasteiger partial charge in [-0.2, -0.15) is 0 Å². The van der Waals surface area contributed by atoms with Crippen molar-refractivity contribution >= 4 is 68.4 Å². The van der Waals surface area contributed by atoms with E-state index in [0.29, 0.717) is 0 Å². The molecule has 0 bridgehead atoms. The third-order valence-corrected chi connectivity index (χ3v) is 11.5. The van der Waals surface area contributed by atoms with Crippen molar-refractivity contribution in [2.24, 2.45) is 0 Å². The van der Waals surface area contributed by atoms with Crippen LogP contribution in [0.15, 0.2) is 147 Å².